The van der Waals surface area contributed by atoms with Gasteiger partial charge in [-0.05, 0) is 45.2 Å². The van der Waals surface area contributed by atoms with Gasteiger partial charge in [0.25, 0.3) is 6.43 Å². The van der Waals surface area contributed by atoms with Crippen LogP contribution in [-0.2, 0) is 11.2 Å². The first-order chi connectivity index (χ1) is 11.7. The number of carbonyl (C=O) groups excluding carboxylic acids is 1. The van der Waals surface area contributed by atoms with E-state index < -0.39 is 12.0 Å². The Labute approximate surface area is 147 Å². The normalized spacial score (nSPS) is 21.0. The number of nitrogens with zero attached hydrogens (tertiary/aromatic N) is 1. The van der Waals surface area contributed by atoms with Crippen LogP contribution < -0.4 is 11.1 Å². The molecule has 140 valence electrons. The van der Waals surface area contributed by atoms with E-state index in [2.05, 4.69) is 5.32 Å². The van der Waals surface area contributed by atoms with Crippen LogP contribution in [0, 0.1) is 6.92 Å². The Hall–Kier alpha value is -1.89. The number of piperazine rings is 1. The second-order valence-corrected chi connectivity index (χ2v) is 7.09. The van der Waals surface area contributed by atoms with Crippen LogP contribution >= 0.6 is 0 Å². The maximum atomic E-state index is 13.0. The second kappa shape index (κ2) is 7.56. The number of anilines is 1. The van der Waals surface area contributed by atoms with E-state index >= 15 is 0 Å². The minimum absolute atomic E-state index is 0.121. The molecule has 3 N–H and O–H groups in total. The van der Waals surface area contributed by atoms with Crippen LogP contribution in [0.2, 0.25) is 0 Å². The van der Waals surface area contributed by atoms with Crippen molar-refractivity contribution in [2.75, 3.05) is 25.4 Å². The molecule has 1 amide bonds. The summed E-state index contributed by atoms with van der Waals surface area (Å²) < 4.78 is 31.4. The molecular weight excluding hydrogens is 328 g/mol. The largest absolute Gasteiger partial charge is 0.447 e. The zero-order valence-electron chi connectivity index (χ0n) is 15.2. The van der Waals surface area contributed by atoms with E-state index in [0.29, 0.717) is 31.6 Å². The zero-order chi connectivity index (χ0) is 18.8. The highest BCUT2D eigenvalue weighted by molar-refractivity contribution is 5.69. The molecule has 1 fully saturated rings. The second-order valence-electron chi connectivity index (χ2n) is 7.09. The molecule has 1 aromatic rings. The first-order valence-electron chi connectivity index (χ1n) is 8.50. The van der Waals surface area contributed by atoms with Crippen LogP contribution in [0.15, 0.2) is 12.1 Å². The minimum atomic E-state index is -2.60. The zero-order valence-corrected chi connectivity index (χ0v) is 15.2. The summed E-state index contributed by atoms with van der Waals surface area (Å²) in [7, 11) is 0. The molecule has 7 heteroatoms. The van der Waals surface area contributed by atoms with Crippen molar-refractivity contribution >= 4 is 11.8 Å². The van der Waals surface area contributed by atoms with Crippen LogP contribution in [0.3, 0.4) is 0 Å². The number of amides is 1. The molecule has 0 unspecified atom stereocenters. The van der Waals surface area contributed by atoms with Crippen molar-refractivity contribution in [1.29, 1.82) is 0 Å². The Kier molecular flexibility index (Phi) is 5.87. The number of nitrogens with two attached hydrogens (primary N) is 1. The van der Waals surface area contributed by atoms with E-state index in [9.17, 15) is 13.6 Å². The molecule has 0 aliphatic carbocycles. The van der Waals surface area contributed by atoms with Crippen molar-refractivity contribution in [1.82, 2.24) is 10.2 Å². The summed E-state index contributed by atoms with van der Waals surface area (Å²) in [5, 5.41) is 3.30. The summed E-state index contributed by atoms with van der Waals surface area (Å²) in [6, 6.07) is 3.05. The lowest BCUT2D eigenvalue weighted by atomic mass is 9.86. The van der Waals surface area contributed by atoms with Crippen molar-refractivity contribution in [3.63, 3.8) is 0 Å². The van der Waals surface area contributed by atoms with E-state index in [-0.39, 0.29) is 23.4 Å². The van der Waals surface area contributed by atoms with Gasteiger partial charge in [-0.2, -0.15) is 0 Å². The van der Waals surface area contributed by atoms with Gasteiger partial charge in [0, 0.05) is 30.9 Å². The highest BCUT2D eigenvalue weighted by atomic mass is 19.3. The third-order valence-corrected chi connectivity index (χ3v) is 4.69. The number of hydrogen-bond acceptors (Lipinski definition) is 4. The van der Waals surface area contributed by atoms with Gasteiger partial charge in [-0.15, -0.1) is 0 Å². The lowest BCUT2D eigenvalue weighted by Gasteiger charge is -2.45. The lowest BCUT2D eigenvalue weighted by molar-refractivity contribution is 0.0272. The Morgan fingerprint density at radius 3 is 2.72 bits per heavy atom. The Balaban J connectivity index is 2.29. The first-order valence-corrected chi connectivity index (χ1v) is 8.50. The number of alkyl halides is 2. The van der Waals surface area contributed by atoms with Crippen LogP contribution in [0.1, 0.15) is 43.9 Å². The van der Waals surface area contributed by atoms with E-state index in [1.165, 1.54) is 6.07 Å². The molecule has 2 rings (SSSR count). The molecule has 1 saturated heterocycles. The fourth-order valence-electron chi connectivity index (χ4n) is 3.24. The number of nitrogen functional groups attached to an aromatic ring is 1. The van der Waals surface area contributed by atoms with E-state index in [1.807, 2.05) is 20.8 Å². The lowest BCUT2D eigenvalue weighted by Crippen LogP contribution is -2.62. The fraction of sp³-hybridized carbons (Fsp3) is 0.611. The third-order valence-electron chi connectivity index (χ3n) is 4.69. The van der Waals surface area contributed by atoms with E-state index in [1.54, 1.807) is 17.9 Å². The molecule has 0 bridgehead atoms. The maximum absolute atomic E-state index is 13.0. The van der Waals surface area contributed by atoms with Crippen molar-refractivity contribution < 1.29 is 18.3 Å². The van der Waals surface area contributed by atoms with Gasteiger partial charge in [0.15, 0.2) is 0 Å². The fourth-order valence-corrected chi connectivity index (χ4v) is 3.24. The highest BCUT2D eigenvalue weighted by Gasteiger charge is 2.39. The van der Waals surface area contributed by atoms with Gasteiger partial charge in [-0.3, -0.25) is 4.90 Å². The Morgan fingerprint density at radius 2 is 2.12 bits per heavy atom. The van der Waals surface area contributed by atoms with Crippen LogP contribution in [0.4, 0.5) is 19.3 Å². The standard InChI is InChI=1S/C18H27F2N3O2/c1-11(2)25-17(24)23-8-7-22-10-18(23,4)9-13-5-6-14(16(19)20)15(21)12(13)3/h5-6,11,16,22H,7-10,21H2,1-4H3/t18-/m0/s1. The molecule has 1 aromatic carbocycles. The SMILES string of the molecule is Cc1c(C[C@@]2(C)CNCCN2C(=O)OC(C)C)ccc(C(F)F)c1N. The van der Waals surface area contributed by atoms with Gasteiger partial charge in [0.2, 0.25) is 0 Å². The smallest absolute Gasteiger partial charge is 0.410 e. The number of carbonyl (C=O) groups is 1. The van der Waals surface area contributed by atoms with Gasteiger partial charge < -0.3 is 15.8 Å². The van der Waals surface area contributed by atoms with Crippen LogP contribution in [0.5, 0.6) is 0 Å². The number of hydrogen-bond donors (Lipinski definition) is 2. The summed E-state index contributed by atoms with van der Waals surface area (Å²) in [5.41, 5.74) is 6.84. The molecule has 0 spiro atoms. The molecule has 1 aliphatic rings. The van der Waals surface area contributed by atoms with Crippen molar-refractivity contribution in [3.05, 3.63) is 28.8 Å². The molecule has 1 aliphatic heterocycles. The topological polar surface area (TPSA) is 67.6 Å². The number of benzene rings is 1. The quantitative estimate of drug-likeness (QED) is 0.814. The first kappa shape index (κ1) is 19.4. The van der Waals surface area contributed by atoms with Gasteiger partial charge in [0.1, 0.15) is 0 Å². The Morgan fingerprint density at radius 1 is 1.44 bits per heavy atom. The Bertz CT molecular complexity index is 637. The molecule has 0 aromatic heterocycles. The monoisotopic (exact) mass is 355 g/mol. The number of halogens is 2. The van der Waals surface area contributed by atoms with Crippen LogP contribution in [0.25, 0.3) is 0 Å². The average Bonchev–Trinajstić information content (AvgIpc) is 2.51. The van der Waals surface area contributed by atoms with Crippen molar-refractivity contribution in [3.8, 4) is 0 Å². The predicted octanol–water partition coefficient (Wildman–Crippen LogP) is 3.27. The summed E-state index contributed by atoms with van der Waals surface area (Å²) in [4.78, 5) is 14.2. The van der Waals surface area contributed by atoms with Crippen molar-refractivity contribution in [2.24, 2.45) is 0 Å². The maximum Gasteiger partial charge on any atom is 0.410 e. The summed E-state index contributed by atoms with van der Waals surface area (Å²) >= 11 is 0. The number of rotatable bonds is 4. The van der Waals surface area contributed by atoms with Crippen LogP contribution in [-0.4, -0.2) is 42.3 Å². The number of nitrogens with one attached hydrogen (secondary N) is 1. The molecule has 0 radical (unpaired) electrons. The minimum Gasteiger partial charge on any atom is -0.447 e. The van der Waals surface area contributed by atoms with Gasteiger partial charge in [-0.1, -0.05) is 12.1 Å². The van der Waals surface area contributed by atoms with Crippen molar-refractivity contribution in [2.45, 2.75) is 52.2 Å². The highest BCUT2D eigenvalue weighted by Crippen LogP contribution is 2.32. The molecule has 1 atom stereocenters. The summed E-state index contributed by atoms with van der Waals surface area (Å²) in [6.45, 7) is 9.15. The summed E-state index contributed by atoms with van der Waals surface area (Å²) in [5.74, 6) is 0. The third kappa shape index (κ3) is 4.21. The average molecular weight is 355 g/mol. The molecule has 5 nitrogen and oxygen atoms in total. The molecule has 1 heterocycles. The van der Waals surface area contributed by atoms with Gasteiger partial charge in [0.05, 0.1) is 11.6 Å². The van der Waals surface area contributed by atoms with E-state index in [4.69, 9.17) is 10.5 Å². The van der Waals surface area contributed by atoms with Gasteiger partial charge >= 0.3 is 6.09 Å². The molecular formula is C18H27F2N3O2. The van der Waals surface area contributed by atoms with Gasteiger partial charge in [-0.25, -0.2) is 13.6 Å². The predicted molar refractivity (Wildman–Crippen MR) is 93.9 cm³/mol. The molecule has 25 heavy (non-hydrogen) atoms. The molecule has 0 saturated carbocycles. The number of ether oxygens (including phenoxy) is 1. The van der Waals surface area contributed by atoms with E-state index in [0.717, 1.165) is 5.56 Å². The summed E-state index contributed by atoms with van der Waals surface area (Å²) in [6.07, 6.45) is -2.65.